The van der Waals surface area contributed by atoms with E-state index >= 15 is 0 Å². The Hall–Kier alpha value is -2.63. The van der Waals surface area contributed by atoms with Crippen molar-refractivity contribution in [1.82, 2.24) is 4.98 Å². The van der Waals surface area contributed by atoms with Crippen molar-refractivity contribution in [3.05, 3.63) is 41.8 Å². The maximum atomic E-state index is 11.0. The number of amides is 1. The minimum Gasteiger partial charge on any atom is -0.416 e. The summed E-state index contributed by atoms with van der Waals surface area (Å²) < 4.78 is 10.2. The van der Waals surface area contributed by atoms with Crippen LogP contribution < -0.4 is 10.5 Å². The van der Waals surface area contributed by atoms with Crippen molar-refractivity contribution in [2.24, 2.45) is 5.73 Å². The number of aromatic nitrogens is 1. The van der Waals surface area contributed by atoms with E-state index in [1.165, 1.54) is 25.3 Å². The van der Waals surface area contributed by atoms with Crippen molar-refractivity contribution in [1.29, 1.82) is 0 Å². The zero-order chi connectivity index (χ0) is 13.1. The molecule has 1 aromatic heterocycles. The number of carbonyl (C=O) groups excluding carboxylic acids is 2. The number of hydrogen-bond acceptors (Lipinski definition) is 5. The third-order valence-corrected chi connectivity index (χ3v) is 2.19. The van der Waals surface area contributed by atoms with Gasteiger partial charge in [0, 0.05) is 12.5 Å². The molecule has 1 aromatic carbocycles. The predicted molar refractivity (Wildman–Crippen MR) is 61.5 cm³/mol. The van der Waals surface area contributed by atoms with E-state index in [9.17, 15) is 9.59 Å². The standard InChI is InChI=1S/C12H10N2O4/c1-7(15)10-6-17-12(14-10)18-9-4-2-8(3-5-9)11(13)16/h2-6H,1H3,(H2,13,16). The van der Waals surface area contributed by atoms with Crippen LogP contribution in [0, 0.1) is 0 Å². The molecule has 2 N–H and O–H groups in total. The van der Waals surface area contributed by atoms with Crippen molar-refractivity contribution in [2.75, 3.05) is 0 Å². The first-order valence-electron chi connectivity index (χ1n) is 5.10. The van der Waals surface area contributed by atoms with E-state index in [2.05, 4.69) is 4.98 Å². The Morgan fingerprint density at radius 3 is 2.44 bits per heavy atom. The summed E-state index contributed by atoms with van der Waals surface area (Å²) in [5, 5.41) is 0. The number of rotatable bonds is 4. The molecular formula is C12H10N2O4. The van der Waals surface area contributed by atoms with Gasteiger partial charge in [-0.3, -0.25) is 9.59 Å². The maximum absolute atomic E-state index is 11.0. The number of Topliss-reactive ketones (excluding diaryl/α,β-unsaturated/α-hetero) is 1. The quantitative estimate of drug-likeness (QED) is 0.829. The molecule has 6 nitrogen and oxygen atoms in total. The first-order chi connectivity index (χ1) is 8.56. The van der Waals surface area contributed by atoms with Gasteiger partial charge in [0.05, 0.1) is 0 Å². The van der Waals surface area contributed by atoms with Crippen molar-refractivity contribution < 1.29 is 18.7 Å². The summed E-state index contributed by atoms with van der Waals surface area (Å²) in [6, 6.07) is 6.15. The van der Waals surface area contributed by atoms with Gasteiger partial charge in [-0.05, 0) is 24.3 Å². The molecule has 6 heteroatoms. The fraction of sp³-hybridized carbons (Fsp3) is 0.0833. The minimum absolute atomic E-state index is 0.0352. The van der Waals surface area contributed by atoms with Gasteiger partial charge in [-0.25, -0.2) is 0 Å². The third kappa shape index (κ3) is 2.54. The second kappa shape index (κ2) is 4.70. The second-order valence-corrected chi connectivity index (χ2v) is 3.55. The zero-order valence-corrected chi connectivity index (χ0v) is 9.54. The van der Waals surface area contributed by atoms with Crippen LogP contribution in [0.5, 0.6) is 11.8 Å². The average molecular weight is 246 g/mol. The van der Waals surface area contributed by atoms with E-state index in [0.717, 1.165) is 0 Å². The molecule has 0 aliphatic heterocycles. The number of ketones is 1. The van der Waals surface area contributed by atoms with Crippen LogP contribution in [-0.4, -0.2) is 16.7 Å². The topological polar surface area (TPSA) is 95.4 Å². The van der Waals surface area contributed by atoms with Crippen molar-refractivity contribution >= 4 is 11.7 Å². The van der Waals surface area contributed by atoms with Gasteiger partial charge in [-0.2, -0.15) is 4.98 Å². The summed E-state index contributed by atoms with van der Waals surface area (Å²) in [5.74, 6) is -0.300. The van der Waals surface area contributed by atoms with E-state index in [4.69, 9.17) is 14.9 Å². The molecule has 18 heavy (non-hydrogen) atoms. The highest BCUT2D eigenvalue weighted by atomic mass is 16.6. The summed E-state index contributed by atoms with van der Waals surface area (Å²) in [6.07, 6.45) is 1.18. The Balaban J connectivity index is 2.13. The molecule has 0 fully saturated rings. The van der Waals surface area contributed by atoms with Crippen molar-refractivity contribution in [2.45, 2.75) is 6.92 Å². The van der Waals surface area contributed by atoms with E-state index in [1.54, 1.807) is 12.1 Å². The Labute approximate surface area is 102 Å². The van der Waals surface area contributed by atoms with E-state index in [0.29, 0.717) is 11.3 Å². The third-order valence-electron chi connectivity index (χ3n) is 2.19. The van der Waals surface area contributed by atoms with Crippen LogP contribution >= 0.6 is 0 Å². The summed E-state index contributed by atoms with van der Waals surface area (Å²) in [7, 11) is 0. The predicted octanol–water partition coefficient (Wildman–Crippen LogP) is 1.77. The van der Waals surface area contributed by atoms with Crippen LogP contribution in [0.25, 0.3) is 0 Å². The summed E-state index contributed by atoms with van der Waals surface area (Å²) in [6.45, 7) is 1.38. The number of nitrogens with zero attached hydrogens (tertiary/aromatic N) is 1. The molecule has 2 aromatic rings. The van der Waals surface area contributed by atoms with Crippen LogP contribution in [-0.2, 0) is 0 Å². The lowest BCUT2D eigenvalue weighted by atomic mass is 10.2. The fourth-order valence-corrected chi connectivity index (χ4v) is 1.25. The first kappa shape index (κ1) is 11.8. The molecule has 0 bridgehead atoms. The Bertz CT molecular complexity index is 586. The summed E-state index contributed by atoms with van der Waals surface area (Å²) in [4.78, 5) is 25.7. The molecule has 1 amide bonds. The molecular weight excluding hydrogens is 236 g/mol. The molecule has 0 radical (unpaired) electrons. The van der Waals surface area contributed by atoms with Gasteiger partial charge in [0.15, 0.2) is 5.78 Å². The number of primary amides is 1. The molecule has 0 saturated heterocycles. The molecule has 0 saturated carbocycles. The summed E-state index contributed by atoms with van der Waals surface area (Å²) >= 11 is 0. The van der Waals surface area contributed by atoms with Crippen LogP contribution in [0.1, 0.15) is 27.8 Å². The second-order valence-electron chi connectivity index (χ2n) is 3.55. The molecule has 0 aliphatic carbocycles. The van der Waals surface area contributed by atoms with Gasteiger partial charge in [-0.1, -0.05) is 0 Å². The highest BCUT2D eigenvalue weighted by molar-refractivity contribution is 5.93. The number of nitrogens with two attached hydrogens (primary N) is 1. The monoisotopic (exact) mass is 246 g/mol. The highest BCUT2D eigenvalue weighted by Crippen LogP contribution is 2.21. The Kier molecular flexibility index (Phi) is 3.09. The van der Waals surface area contributed by atoms with Crippen molar-refractivity contribution in [3.63, 3.8) is 0 Å². The number of ether oxygens (including phenoxy) is 1. The minimum atomic E-state index is -0.517. The van der Waals surface area contributed by atoms with Crippen LogP contribution in [0.4, 0.5) is 0 Å². The van der Waals surface area contributed by atoms with Gasteiger partial charge in [-0.15, -0.1) is 0 Å². The average Bonchev–Trinajstić information content (AvgIpc) is 2.78. The molecule has 1 heterocycles. The molecule has 0 unspecified atom stereocenters. The molecule has 92 valence electrons. The lowest BCUT2D eigenvalue weighted by Gasteiger charge is -2.00. The fourth-order valence-electron chi connectivity index (χ4n) is 1.25. The van der Waals surface area contributed by atoms with E-state index in [-0.39, 0.29) is 17.6 Å². The SMILES string of the molecule is CC(=O)c1coc(Oc2ccc(C(N)=O)cc2)n1. The number of oxazole rings is 1. The van der Waals surface area contributed by atoms with Gasteiger partial charge in [0.25, 0.3) is 0 Å². The van der Waals surface area contributed by atoms with Crippen molar-refractivity contribution in [3.8, 4) is 11.8 Å². The molecule has 2 rings (SSSR count). The number of carbonyl (C=O) groups is 2. The molecule has 0 atom stereocenters. The first-order valence-corrected chi connectivity index (χ1v) is 5.10. The van der Waals surface area contributed by atoms with E-state index < -0.39 is 5.91 Å². The Morgan fingerprint density at radius 2 is 1.94 bits per heavy atom. The van der Waals surface area contributed by atoms with Crippen LogP contribution in [0.15, 0.2) is 34.9 Å². The van der Waals surface area contributed by atoms with Gasteiger partial charge in [0.2, 0.25) is 5.91 Å². The maximum Gasteiger partial charge on any atom is 0.399 e. The largest absolute Gasteiger partial charge is 0.416 e. The lowest BCUT2D eigenvalue weighted by Crippen LogP contribution is -2.10. The van der Waals surface area contributed by atoms with Gasteiger partial charge >= 0.3 is 6.08 Å². The van der Waals surface area contributed by atoms with Gasteiger partial charge < -0.3 is 14.9 Å². The Morgan fingerprint density at radius 1 is 1.28 bits per heavy atom. The number of benzene rings is 1. The highest BCUT2D eigenvalue weighted by Gasteiger charge is 2.09. The smallest absolute Gasteiger partial charge is 0.399 e. The summed E-state index contributed by atoms with van der Waals surface area (Å²) in [5.41, 5.74) is 5.67. The van der Waals surface area contributed by atoms with Gasteiger partial charge in [0.1, 0.15) is 17.7 Å². The van der Waals surface area contributed by atoms with Crippen LogP contribution in [0.2, 0.25) is 0 Å². The normalized spacial score (nSPS) is 10.1. The van der Waals surface area contributed by atoms with E-state index in [1.807, 2.05) is 0 Å². The number of hydrogen-bond donors (Lipinski definition) is 1. The zero-order valence-electron chi connectivity index (χ0n) is 9.54. The lowest BCUT2D eigenvalue weighted by molar-refractivity contribution is 0.0995. The van der Waals surface area contributed by atoms with Crippen LogP contribution in [0.3, 0.4) is 0 Å². The molecule has 0 aliphatic rings. The molecule has 0 spiro atoms.